The van der Waals surface area contributed by atoms with Crippen molar-refractivity contribution in [1.29, 1.82) is 0 Å². The van der Waals surface area contributed by atoms with Gasteiger partial charge in [-0.05, 0) is 52.2 Å². The highest BCUT2D eigenvalue weighted by molar-refractivity contribution is 6.00. The van der Waals surface area contributed by atoms with Crippen molar-refractivity contribution in [1.82, 2.24) is 24.5 Å². The van der Waals surface area contributed by atoms with E-state index in [4.69, 9.17) is 0 Å². The Morgan fingerprint density at radius 3 is 2.81 bits per heavy atom. The Labute approximate surface area is 185 Å². The number of aliphatic hydroxyl groups is 1. The summed E-state index contributed by atoms with van der Waals surface area (Å²) in [6.07, 6.45) is 5.42. The van der Waals surface area contributed by atoms with E-state index >= 15 is 0 Å². The lowest BCUT2D eigenvalue weighted by molar-refractivity contribution is 0.0368. The molecule has 1 aliphatic rings. The maximum Gasteiger partial charge on any atom is 0.274 e. The van der Waals surface area contributed by atoms with Crippen LogP contribution in [0.1, 0.15) is 56.4 Å². The third kappa shape index (κ3) is 3.93. The lowest BCUT2D eigenvalue weighted by atomic mass is 10.0. The maximum absolute atomic E-state index is 13.0. The summed E-state index contributed by atoms with van der Waals surface area (Å²) in [5.41, 5.74) is -0.0775. The number of aromatic nitrogens is 4. The predicted molar refractivity (Wildman–Crippen MR) is 123 cm³/mol. The second-order valence-electron chi connectivity index (χ2n) is 8.70. The van der Waals surface area contributed by atoms with Crippen molar-refractivity contribution in [3.8, 4) is 0 Å². The van der Waals surface area contributed by atoms with Crippen molar-refractivity contribution in [3.63, 3.8) is 0 Å². The van der Waals surface area contributed by atoms with E-state index in [2.05, 4.69) is 26.0 Å². The number of carbonyl (C=O) groups is 1. The Balaban J connectivity index is 1.70. The summed E-state index contributed by atoms with van der Waals surface area (Å²) in [7, 11) is 1.74. The lowest BCUT2D eigenvalue weighted by Gasteiger charge is -2.26. The zero-order valence-corrected chi connectivity index (χ0v) is 18.7. The maximum atomic E-state index is 13.0. The smallest absolute Gasteiger partial charge is 0.274 e. The number of fused-ring (bicyclic) bond motifs is 1. The Morgan fingerprint density at radius 2 is 2.16 bits per heavy atom. The van der Waals surface area contributed by atoms with Crippen LogP contribution >= 0.6 is 0 Å². The van der Waals surface area contributed by atoms with Gasteiger partial charge in [-0.15, -0.1) is 0 Å². The number of amides is 1. The van der Waals surface area contributed by atoms with Crippen LogP contribution in [0, 0.1) is 0 Å². The van der Waals surface area contributed by atoms with Gasteiger partial charge in [0.25, 0.3) is 11.5 Å². The van der Waals surface area contributed by atoms with Crippen molar-refractivity contribution < 1.29 is 9.90 Å². The van der Waals surface area contributed by atoms with E-state index in [9.17, 15) is 14.7 Å². The van der Waals surface area contributed by atoms with Gasteiger partial charge in [0.05, 0.1) is 17.8 Å². The molecule has 3 aromatic heterocycles. The molecule has 10 nitrogen and oxygen atoms in total. The monoisotopic (exact) mass is 439 g/mol. The zero-order valence-electron chi connectivity index (χ0n) is 18.7. The van der Waals surface area contributed by atoms with Gasteiger partial charge in [0.2, 0.25) is 0 Å². The van der Waals surface area contributed by atoms with Gasteiger partial charge in [0.1, 0.15) is 22.9 Å². The van der Waals surface area contributed by atoms with Crippen molar-refractivity contribution in [2.75, 3.05) is 17.7 Å². The molecule has 4 rings (SSSR count). The topological polar surface area (TPSA) is 126 Å². The average Bonchev–Trinajstić information content (AvgIpc) is 3.31. The standard InChI is InChI=1S/C22H29N7O3/c1-13(2)28-10-6-7-15(21(28)31)25-17-11-18(23-4)29-19(27-17)14(12-24-29)20(30)26-16-8-5-9-22(16,3)32/h6-7,10-13,16,23,32H,5,8-9H2,1-4H3,(H,25,27)(H,26,30)/t16-,22-/m1/s1. The highest BCUT2D eigenvalue weighted by Gasteiger charge is 2.38. The van der Waals surface area contributed by atoms with Crippen LogP contribution in [-0.2, 0) is 0 Å². The highest BCUT2D eigenvalue weighted by Crippen LogP contribution is 2.30. The molecular formula is C22H29N7O3. The van der Waals surface area contributed by atoms with E-state index in [1.54, 1.807) is 42.9 Å². The second kappa shape index (κ2) is 8.27. The van der Waals surface area contributed by atoms with Gasteiger partial charge in [0.15, 0.2) is 5.65 Å². The molecule has 32 heavy (non-hydrogen) atoms. The minimum Gasteiger partial charge on any atom is -0.388 e. The van der Waals surface area contributed by atoms with Crippen LogP contribution < -0.4 is 21.5 Å². The second-order valence-corrected chi connectivity index (χ2v) is 8.70. The number of anilines is 3. The molecule has 3 heterocycles. The van der Waals surface area contributed by atoms with Crippen molar-refractivity contribution in [3.05, 3.63) is 46.5 Å². The summed E-state index contributed by atoms with van der Waals surface area (Å²) in [5.74, 6) is 0.660. The van der Waals surface area contributed by atoms with Crippen LogP contribution in [0.4, 0.5) is 17.3 Å². The molecule has 0 radical (unpaired) electrons. The van der Waals surface area contributed by atoms with E-state index < -0.39 is 5.60 Å². The Bertz CT molecular complexity index is 1210. The number of pyridine rings is 1. The van der Waals surface area contributed by atoms with Gasteiger partial charge in [-0.2, -0.15) is 9.61 Å². The average molecular weight is 440 g/mol. The first kappa shape index (κ1) is 21.8. The zero-order chi connectivity index (χ0) is 23.0. The van der Waals surface area contributed by atoms with Crippen molar-refractivity contribution in [2.45, 2.75) is 57.7 Å². The molecule has 1 fully saturated rings. The summed E-state index contributed by atoms with van der Waals surface area (Å²) in [4.78, 5) is 30.3. The number of nitrogens with zero attached hydrogens (tertiary/aromatic N) is 4. The molecule has 1 amide bonds. The first-order valence-corrected chi connectivity index (χ1v) is 10.8. The van der Waals surface area contributed by atoms with Crippen LogP contribution in [0.15, 0.2) is 35.4 Å². The molecule has 0 aromatic carbocycles. The van der Waals surface area contributed by atoms with E-state index in [0.29, 0.717) is 35.0 Å². The molecule has 0 saturated heterocycles. The molecule has 0 unspecified atom stereocenters. The fourth-order valence-electron chi connectivity index (χ4n) is 4.13. The Kier molecular flexibility index (Phi) is 5.64. The van der Waals surface area contributed by atoms with E-state index in [-0.39, 0.29) is 23.6 Å². The molecule has 0 spiro atoms. The fourth-order valence-corrected chi connectivity index (χ4v) is 4.13. The quantitative estimate of drug-likeness (QED) is 0.464. The Hall–Kier alpha value is -3.40. The molecule has 2 atom stereocenters. The molecule has 4 N–H and O–H groups in total. The third-order valence-electron chi connectivity index (χ3n) is 6.00. The van der Waals surface area contributed by atoms with Gasteiger partial charge in [-0.1, -0.05) is 0 Å². The van der Waals surface area contributed by atoms with Gasteiger partial charge in [-0.3, -0.25) is 9.59 Å². The van der Waals surface area contributed by atoms with E-state index in [1.807, 2.05) is 13.8 Å². The van der Waals surface area contributed by atoms with Crippen LogP contribution in [0.25, 0.3) is 5.65 Å². The fraction of sp³-hybridized carbons (Fsp3) is 0.455. The van der Waals surface area contributed by atoms with Crippen LogP contribution in [0.3, 0.4) is 0 Å². The van der Waals surface area contributed by atoms with Crippen molar-refractivity contribution >= 4 is 28.9 Å². The largest absolute Gasteiger partial charge is 0.388 e. The highest BCUT2D eigenvalue weighted by atomic mass is 16.3. The molecule has 1 saturated carbocycles. The molecule has 1 aliphatic carbocycles. The van der Waals surface area contributed by atoms with E-state index in [1.165, 1.54) is 10.7 Å². The van der Waals surface area contributed by atoms with Gasteiger partial charge in [-0.25, -0.2) is 4.98 Å². The van der Waals surface area contributed by atoms with E-state index in [0.717, 1.165) is 12.8 Å². The lowest BCUT2D eigenvalue weighted by Crippen LogP contribution is -2.47. The number of carbonyl (C=O) groups excluding carboxylic acids is 1. The first-order valence-electron chi connectivity index (χ1n) is 10.8. The summed E-state index contributed by atoms with van der Waals surface area (Å²) >= 11 is 0. The molecular weight excluding hydrogens is 410 g/mol. The molecule has 0 aliphatic heterocycles. The molecule has 170 valence electrons. The summed E-state index contributed by atoms with van der Waals surface area (Å²) < 4.78 is 3.16. The summed E-state index contributed by atoms with van der Waals surface area (Å²) in [6.45, 7) is 5.62. The predicted octanol–water partition coefficient (Wildman–Crippen LogP) is 2.29. The number of hydrogen-bond acceptors (Lipinski definition) is 7. The Morgan fingerprint density at radius 1 is 1.38 bits per heavy atom. The van der Waals surface area contributed by atoms with Gasteiger partial charge < -0.3 is 25.6 Å². The number of rotatable bonds is 6. The van der Waals surface area contributed by atoms with Crippen molar-refractivity contribution in [2.24, 2.45) is 0 Å². The molecule has 10 heteroatoms. The summed E-state index contributed by atoms with van der Waals surface area (Å²) in [6, 6.07) is 4.90. The SMILES string of the molecule is CNc1cc(Nc2cccn(C(C)C)c2=O)nc2c(C(=O)N[C@@H]3CCC[C@@]3(C)O)cnn12. The molecule has 0 bridgehead atoms. The number of nitrogens with one attached hydrogen (secondary N) is 3. The van der Waals surface area contributed by atoms with Gasteiger partial charge >= 0.3 is 0 Å². The molecule has 3 aromatic rings. The van der Waals surface area contributed by atoms with Crippen LogP contribution in [-0.4, -0.2) is 48.9 Å². The van der Waals surface area contributed by atoms with Gasteiger partial charge in [0, 0.05) is 25.4 Å². The van der Waals surface area contributed by atoms with Crippen LogP contribution in [0.2, 0.25) is 0 Å². The first-order chi connectivity index (χ1) is 15.2. The summed E-state index contributed by atoms with van der Waals surface area (Å²) in [5, 5.41) is 23.8. The normalized spacial score (nSPS) is 20.6. The number of hydrogen-bond donors (Lipinski definition) is 4. The minimum atomic E-state index is -0.932. The minimum absolute atomic E-state index is 0.0190. The van der Waals surface area contributed by atoms with Crippen LogP contribution in [0.5, 0.6) is 0 Å². The third-order valence-corrected chi connectivity index (χ3v) is 6.00.